The lowest BCUT2D eigenvalue weighted by Crippen LogP contribution is -2.65. The number of aliphatic hydroxyl groups is 5. The van der Waals surface area contributed by atoms with Crippen molar-refractivity contribution in [2.45, 2.75) is 188 Å². The van der Waals surface area contributed by atoms with Gasteiger partial charge in [0.05, 0.1) is 97.0 Å². The Morgan fingerprint density at radius 2 is 1.58 bits per heavy atom. The molecule has 1 aromatic rings. The number of hydrogen-bond acceptors (Lipinski definition) is 27. The van der Waals surface area contributed by atoms with Crippen molar-refractivity contribution in [3.8, 4) is 40.9 Å². The Morgan fingerprint density at radius 3 is 2.23 bits per heavy atom. The number of aliphatic hydroxyl groups excluding tert-OH is 4. The van der Waals surface area contributed by atoms with Crippen molar-refractivity contribution >= 4 is 78.9 Å². The van der Waals surface area contributed by atoms with Gasteiger partial charge >= 0.3 is 12.1 Å². The fourth-order valence-electron chi connectivity index (χ4n) is 10.6. The second-order valence-corrected chi connectivity index (χ2v) is 26.9. The van der Waals surface area contributed by atoms with Gasteiger partial charge in [-0.2, -0.15) is 5.48 Å². The summed E-state index contributed by atoms with van der Waals surface area (Å²) in [6.07, 6.45) is -14.9. The summed E-state index contributed by atoms with van der Waals surface area (Å²) in [6, 6.07) is -1.35. The molecule has 0 aromatic heterocycles. The van der Waals surface area contributed by atoms with Crippen molar-refractivity contribution in [2.24, 2.45) is 0 Å². The highest BCUT2D eigenvalue weighted by Gasteiger charge is 2.52. The molecule has 6 aliphatic rings. The van der Waals surface area contributed by atoms with Gasteiger partial charge in [-0.15, -0.1) is 0 Å². The lowest BCUT2D eigenvalue weighted by Gasteiger charge is -2.46. The number of carbonyl (C=O) groups is 4. The van der Waals surface area contributed by atoms with Crippen molar-refractivity contribution < 1.29 is 111 Å². The van der Waals surface area contributed by atoms with Crippen LogP contribution in [0.25, 0.3) is 0 Å². The summed E-state index contributed by atoms with van der Waals surface area (Å²) in [5, 5.41) is 72.5. The number of ether oxygens (including phenoxy) is 12. The van der Waals surface area contributed by atoms with Gasteiger partial charge in [0, 0.05) is 44.0 Å². The Bertz CT molecular complexity index is 2900. The summed E-state index contributed by atoms with van der Waals surface area (Å²) < 4.78 is 71.2. The Kier molecular flexibility index (Phi) is 25.8. The first-order chi connectivity index (χ1) is 41.8. The molecule has 488 valence electrons. The second-order valence-electron chi connectivity index (χ2n) is 21.7. The molecule has 4 heterocycles. The van der Waals surface area contributed by atoms with Crippen LogP contribution in [0.1, 0.15) is 76.7 Å². The summed E-state index contributed by atoms with van der Waals surface area (Å²) in [5.74, 6) is 9.68. The van der Waals surface area contributed by atoms with Crippen LogP contribution in [0.15, 0.2) is 35.1 Å². The molecule has 1 amide bonds. The molecule has 88 heavy (non-hydrogen) atoms. The van der Waals surface area contributed by atoms with Gasteiger partial charge in [0.15, 0.2) is 41.8 Å². The minimum atomic E-state index is -2.19. The van der Waals surface area contributed by atoms with Crippen molar-refractivity contribution in [2.75, 3.05) is 54.5 Å². The van der Waals surface area contributed by atoms with Gasteiger partial charge in [0.25, 0.3) is 0 Å². The zero-order valence-electron chi connectivity index (χ0n) is 50.6. The number of thioether (sulfide) groups is 1. The first kappa shape index (κ1) is 71.6. The van der Waals surface area contributed by atoms with Crippen LogP contribution in [0.2, 0.25) is 0 Å². The lowest BCUT2D eigenvalue weighted by atomic mass is 9.75. The number of carboxylic acids is 1. The molecule has 4 saturated heterocycles. The molecule has 1 aromatic carbocycles. The average Bonchev–Trinajstić information content (AvgIpc) is 1.00. The number of hydroxylamine groups is 1. The van der Waals surface area contributed by atoms with E-state index in [9.17, 15) is 49.8 Å². The van der Waals surface area contributed by atoms with Crippen molar-refractivity contribution in [3.05, 3.63) is 49.8 Å². The van der Waals surface area contributed by atoms with Gasteiger partial charge in [-0.3, -0.25) is 24.5 Å². The van der Waals surface area contributed by atoms with E-state index in [0.717, 1.165) is 40.5 Å². The molecule has 7 rings (SSSR count). The average molecular weight is 1410 g/mol. The molecule has 2 aliphatic carbocycles. The summed E-state index contributed by atoms with van der Waals surface area (Å²) in [4.78, 5) is 59.7. The number of carbonyl (C=O) groups excluding carboxylic acids is 3. The number of allylic oxidation sites excluding steroid dienone is 3. The standard InChI is InChI=1S/C58H78IN3O23S3/c1-13-60-31-25-78-36(23-35(31)73-8)83-49-44(66)41(27(3)80-54(49)82-34-18-16-14-15-17-20-58(72)24-33(64)42(61-56(71)77-12)39(34)30(58)19-21-86-88-57(6,7)55(69)70)62-85-37-22-32(63)51(29(5)79-37)87-52(68)38-26(2)40(59)47(50(76-11)46(38)74-9)84-53-45(67)48(75-10)43(65)28(4)81-53/h14-15,19,27-29,31-32,34-37,41,43-45,48-49,51,53-54,60,62-63,65-67,72H,13,21-25H2,1-12H3,(H,61,71)(H,69,70)/b15-14+,30-19+/t27-,28+,29-,31+,32+,34+,35+,36+,37+,41-,43+,44+,45-,48-,49-,51-,53+,54+,58+/m1/s1. The summed E-state index contributed by atoms with van der Waals surface area (Å²) in [5.41, 5.74) is 0.761. The number of methoxy groups -OCH3 is 5. The van der Waals surface area contributed by atoms with Crippen molar-refractivity contribution in [1.29, 1.82) is 0 Å². The fraction of sp³-hybridized carbons (Fsp3) is 0.655. The number of rotatable bonds is 23. The number of nitrogens with one attached hydrogen (secondary N) is 3. The molecule has 30 heteroatoms. The molecule has 0 unspecified atom stereocenters. The maximum atomic E-state index is 14.5. The highest BCUT2D eigenvalue weighted by atomic mass is 127. The number of Topliss-reactive ketones (excluding diaryl/α,β-unsaturated/α-hetero) is 1. The molecule has 2 bridgehead atoms. The van der Waals surface area contributed by atoms with E-state index in [4.69, 9.17) is 61.7 Å². The smallest absolute Gasteiger partial charge is 0.411 e. The zero-order valence-corrected chi connectivity index (χ0v) is 55.2. The van der Waals surface area contributed by atoms with E-state index >= 15 is 0 Å². The Labute approximate surface area is 536 Å². The van der Waals surface area contributed by atoms with Gasteiger partial charge in [0.2, 0.25) is 17.2 Å². The third kappa shape index (κ3) is 16.3. The van der Waals surface area contributed by atoms with E-state index in [0.29, 0.717) is 15.7 Å². The first-order valence-corrected chi connectivity index (χ1v) is 32.5. The number of halogens is 1. The molecule has 0 spiro atoms. The minimum absolute atomic E-state index is 0.00933. The van der Waals surface area contributed by atoms with E-state index in [2.05, 4.69) is 39.8 Å². The summed E-state index contributed by atoms with van der Waals surface area (Å²) in [7, 11) is 8.90. The molecule has 26 nitrogen and oxygen atoms in total. The summed E-state index contributed by atoms with van der Waals surface area (Å²) in [6.45, 7) is 12.3. The number of aliphatic carboxylic acids is 1. The number of ketones is 1. The largest absolute Gasteiger partial charge is 0.492 e. The topological polar surface area (TPSA) is 346 Å². The third-order valence-corrected chi connectivity index (χ3v) is 21.1. The molecule has 4 fully saturated rings. The fourth-order valence-corrected chi connectivity index (χ4v) is 14.6. The van der Waals surface area contributed by atoms with Gasteiger partial charge < -0.3 is 92.8 Å². The van der Waals surface area contributed by atoms with Crippen LogP contribution < -0.4 is 30.3 Å². The SMILES string of the molecule is CCN[C@H]1CO[C@@H](O[C@H]2[C@H](O[C@H]3C#C/C=C/C#C[C@]4(O)CC(=O)C(NC(=O)OC)=C3/C4=C\CSSC(C)(C)C(=O)O)O[C@H](C)[C@@H](NO[C@H]3C[C@H](O)[C@H](SC(=O)c4c(C)c(I)c(O[C@@H]5O[C@@H](C)[C@H](O)[C@@H](OC)[C@H]5O)c(OC)c4OC)[C@@H](C)O3)[C@@H]2O)C[C@@H]1OC. The predicted octanol–water partition coefficient (Wildman–Crippen LogP) is 2.78. The molecule has 19 atom stereocenters. The number of carboxylic acid groups (broad SMARTS) is 1. The maximum absolute atomic E-state index is 14.5. The highest BCUT2D eigenvalue weighted by molar-refractivity contribution is 14.1. The second kappa shape index (κ2) is 31.7. The van der Waals surface area contributed by atoms with Crippen LogP contribution in [0.3, 0.4) is 0 Å². The van der Waals surface area contributed by atoms with Crippen LogP contribution in [0.5, 0.6) is 17.2 Å². The Balaban J connectivity index is 1.13. The van der Waals surface area contributed by atoms with Gasteiger partial charge in [-0.05, 0) is 88.4 Å². The van der Waals surface area contributed by atoms with Crippen molar-refractivity contribution in [1.82, 2.24) is 16.1 Å². The van der Waals surface area contributed by atoms with Crippen LogP contribution in [-0.4, -0.2) is 228 Å². The minimum Gasteiger partial charge on any atom is -0.492 e. The number of fused-ring (bicyclic) bond motifs is 2. The monoisotopic (exact) mass is 1410 g/mol. The lowest BCUT2D eigenvalue weighted by molar-refractivity contribution is -0.336. The predicted molar refractivity (Wildman–Crippen MR) is 328 cm³/mol. The normalized spacial score (nSPS) is 35.0. The van der Waals surface area contributed by atoms with Crippen LogP contribution >= 0.6 is 55.9 Å². The highest BCUT2D eigenvalue weighted by Crippen LogP contribution is 2.49. The number of likely N-dealkylation sites (N-methyl/N-ethyl adjacent to an activating group) is 1. The van der Waals surface area contributed by atoms with E-state index < -0.39 is 143 Å². The van der Waals surface area contributed by atoms with E-state index in [1.807, 2.05) is 29.5 Å². The molecule has 0 saturated carbocycles. The molecular weight excluding hydrogens is 1330 g/mol. The number of hydrogen-bond donors (Lipinski definition) is 9. The Hall–Kier alpha value is -3.82. The number of amides is 1. The molecular formula is C58H78IN3O23S3. The van der Waals surface area contributed by atoms with E-state index in [1.54, 1.807) is 40.9 Å². The van der Waals surface area contributed by atoms with Gasteiger partial charge in [0.1, 0.15) is 41.4 Å². The Morgan fingerprint density at radius 1 is 0.875 bits per heavy atom. The molecule has 0 radical (unpaired) electrons. The quantitative estimate of drug-likeness (QED) is 0.0250. The van der Waals surface area contributed by atoms with E-state index in [-0.39, 0.29) is 70.9 Å². The van der Waals surface area contributed by atoms with Crippen LogP contribution in [-0.2, 0) is 57.1 Å². The maximum Gasteiger partial charge on any atom is 0.411 e. The van der Waals surface area contributed by atoms with Crippen LogP contribution in [0.4, 0.5) is 4.79 Å². The van der Waals surface area contributed by atoms with E-state index in [1.165, 1.54) is 47.3 Å². The summed E-state index contributed by atoms with van der Waals surface area (Å²) >= 11 is 2.80. The van der Waals surface area contributed by atoms with Gasteiger partial charge in [-0.1, -0.05) is 70.0 Å². The molecule has 9 N–H and O–H groups in total. The first-order valence-electron chi connectivity index (χ1n) is 28.2. The number of benzene rings is 1. The van der Waals surface area contributed by atoms with Gasteiger partial charge in [-0.25, -0.2) is 4.79 Å². The van der Waals surface area contributed by atoms with Crippen molar-refractivity contribution in [3.63, 3.8) is 0 Å². The zero-order chi connectivity index (χ0) is 64.5. The third-order valence-electron chi connectivity index (χ3n) is 15.4. The number of alkyl carbamates (subject to hydrolysis) is 1. The molecule has 4 aliphatic heterocycles. The van der Waals surface area contributed by atoms with Crippen LogP contribution in [0, 0.1) is 34.2 Å².